The lowest BCUT2D eigenvalue weighted by Crippen LogP contribution is -2.00. The molecule has 21 heavy (non-hydrogen) atoms. The molecule has 8 heteroatoms. The summed E-state index contributed by atoms with van der Waals surface area (Å²) in [5.74, 6) is 1.96. The third kappa shape index (κ3) is 3.35. The van der Waals surface area contributed by atoms with Gasteiger partial charge in [-0.25, -0.2) is 4.98 Å². The van der Waals surface area contributed by atoms with Crippen LogP contribution < -0.4 is 14.8 Å². The molecule has 0 saturated carbocycles. The average Bonchev–Trinajstić information content (AvgIpc) is 2.46. The van der Waals surface area contributed by atoms with Crippen molar-refractivity contribution in [2.75, 3.05) is 19.5 Å². The van der Waals surface area contributed by atoms with E-state index in [0.717, 1.165) is 0 Å². The van der Waals surface area contributed by atoms with E-state index in [4.69, 9.17) is 9.47 Å². The minimum Gasteiger partial charge on any atom is -0.493 e. The van der Waals surface area contributed by atoms with Crippen molar-refractivity contribution >= 4 is 11.5 Å². The summed E-state index contributed by atoms with van der Waals surface area (Å²) in [4.78, 5) is 18.6. The SMILES string of the molecule is CNc1cc(Oc2cc([N+](=O)[O-])ccc2OC)nc(C)n1. The second kappa shape index (κ2) is 6.04. The Kier molecular flexibility index (Phi) is 4.17. The molecule has 1 N–H and O–H groups in total. The van der Waals surface area contributed by atoms with E-state index in [0.29, 0.717) is 17.4 Å². The summed E-state index contributed by atoms with van der Waals surface area (Å²) in [5.41, 5.74) is -0.0922. The Bertz CT molecular complexity index is 675. The minimum absolute atomic E-state index is 0.0922. The summed E-state index contributed by atoms with van der Waals surface area (Å²) in [6, 6.07) is 5.69. The number of methoxy groups -OCH3 is 1. The van der Waals surface area contributed by atoms with E-state index in [-0.39, 0.29) is 17.3 Å². The van der Waals surface area contributed by atoms with Gasteiger partial charge in [0.1, 0.15) is 11.6 Å². The first-order valence-electron chi connectivity index (χ1n) is 6.07. The van der Waals surface area contributed by atoms with Crippen LogP contribution in [0.1, 0.15) is 5.82 Å². The van der Waals surface area contributed by atoms with Gasteiger partial charge in [-0.05, 0) is 13.0 Å². The van der Waals surface area contributed by atoms with Crippen molar-refractivity contribution in [3.8, 4) is 17.4 Å². The molecular weight excluding hydrogens is 276 g/mol. The van der Waals surface area contributed by atoms with E-state index < -0.39 is 4.92 Å². The topological polar surface area (TPSA) is 99.4 Å². The Morgan fingerprint density at radius 1 is 1.24 bits per heavy atom. The van der Waals surface area contributed by atoms with Crippen LogP contribution in [0.2, 0.25) is 0 Å². The summed E-state index contributed by atoms with van der Waals surface area (Å²) >= 11 is 0. The van der Waals surface area contributed by atoms with Crippen molar-refractivity contribution in [1.82, 2.24) is 9.97 Å². The number of aromatic nitrogens is 2. The monoisotopic (exact) mass is 290 g/mol. The van der Waals surface area contributed by atoms with Gasteiger partial charge in [-0.2, -0.15) is 4.98 Å². The van der Waals surface area contributed by atoms with Crippen LogP contribution in [0.4, 0.5) is 11.5 Å². The fraction of sp³-hybridized carbons (Fsp3) is 0.231. The van der Waals surface area contributed by atoms with Gasteiger partial charge < -0.3 is 14.8 Å². The van der Waals surface area contributed by atoms with Gasteiger partial charge in [-0.3, -0.25) is 10.1 Å². The van der Waals surface area contributed by atoms with Gasteiger partial charge in [0.2, 0.25) is 5.88 Å². The standard InChI is InChI=1S/C13H14N4O4/c1-8-15-12(14-2)7-13(16-8)21-11-6-9(17(18)19)4-5-10(11)20-3/h4-7H,1-3H3,(H,14,15,16). The molecule has 0 atom stereocenters. The van der Waals surface area contributed by atoms with Crippen LogP contribution >= 0.6 is 0 Å². The van der Waals surface area contributed by atoms with Gasteiger partial charge >= 0.3 is 0 Å². The van der Waals surface area contributed by atoms with Gasteiger partial charge in [0.15, 0.2) is 11.5 Å². The molecule has 0 radical (unpaired) electrons. The molecule has 0 fully saturated rings. The minimum atomic E-state index is -0.503. The van der Waals surface area contributed by atoms with Crippen LogP contribution in [0, 0.1) is 17.0 Å². The maximum atomic E-state index is 10.8. The van der Waals surface area contributed by atoms with Crippen LogP contribution in [0.25, 0.3) is 0 Å². The summed E-state index contributed by atoms with van der Waals surface area (Å²) < 4.78 is 10.7. The van der Waals surface area contributed by atoms with Crippen LogP contribution in [0.15, 0.2) is 24.3 Å². The van der Waals surface area contributed by atoms with E-state index >= 15 is 0 Å². The van der Waals surface area contributed by atoms with Gasteiger partial charge in [-0.1, -0.05) is 0 Å². The maximum absolute atomic E-state index is 10.8. The second-order valence-electron chi connectivity index (χ2n) is 4.08. The summed E-state index contributed by atoms with van der Waals surface area (Å²) in [6.07, 6.45) is 0. The molecule has 110 valence electrons. The zero-order chi connectivity index (χ0) is 15.4. The first-order valence-corrected chi connectivity index (χ1v) is 6.07. The number of rotatable bonds is 5. The molecule has 8 nitrogen and oxygen atoms in total. The number of aryl methyl sites for hydroxylation is 1. The fourth-order valence-electron chi connectivity index (χ4n) is 1.69. The first kappa shape index (κ1) is 14.5. The van der Waals surface area contributed by atoms with E-state index in [1.165, 1.54) is 25.3 Å². The third-order valence-electron chi connectivity index (χ3n) is 2.64. The molecule has 0 aliphatic rings. The van der Waals surface area contributed by atoms with Crippen molar-refractivity contribution in [1.29, 1.82) is 0 Å². The number of nitro groups is 1. The van der Waals surface area contributed by atoms with E-state index in [1.807, 2.05) is 0 Å². The third-order valence-corrected chi connectivity index (χ3v) is 2.64. The number of hydrogen-bond donors (Lipinski definition) is 1. The van der Waals surface area contributed by atoms with E-state index in [9.17, 15) is 10.1 Å². The van der Waals surface area contributed by atoms with E-state index in [2.05, 4.69) is 15.3 Å². The number of hydrogen-bond acceptors (Lipinski definition) is 7. The van der Waals surface area contributed by atoms with Crippen LogP contribution in [-0.2, 0) is 0 Å². The zero-order valence-electron chi connectivity index (χ0n) is 11.8. The van der Waals surface area contributed by atoms with Gasteiger partial charge in [0.25, 0.3) is 5.69 Å². The predicted molar refractivity (Wildman–Crippen MR) is 76.0 cm³/mol. The molecule has 0 aliphatic carbocycles. The van der Waals surface area contributed by atoms with Crippen molar-refractivity contribution in [2.24, 2.45) is 0 Å². The average molecular weight is 290 g/mol. The lowest BCUT2D eigenvalue weighted by atomic mass is 10.3. The van der Waals surface area contributed by atoms with E-state index in [1.54, 1.807) is 20.0 Å². The lowest BCUT2D eigenvalue weighted by molar-refractivity contribution is -0.384. The Labute approximate surface area is 120 Å². The van der Waals surface area contributed by atoms with Crippen molar-refractivity contribution in [3.05, 3.63) is 40.2 Å². The van der Waals surface area contributed by atoms with Crippen LogP contribution in [-0.4, -0.2) is 29.0 Å². The number of anilines is 1. The zero-order valence-corrected chi connectivity index (χ0v) is 11.8. The van der Waals surface area contributed by atoms with Crippen molar-refractivity contribution in [2.45, 2.75) is 6.92 Å². The van der Waals surface area contributed by atoms with Gasteiger partial charge in [0.05, 0.1) is 18.1 Å². The highest BCUT2D eigenvalue weighted by atomic mass is 16.6. The van der Waals surface area contributed by atoms with Gasteiger partial charge in [0, 0.05) is 19.2 Å². The first-order chi connectivity index (χ1) is 10.0. The summed E-state index contributed by atoms with van der Waals surface area (Å²) in [7, 11) is 3.18. The Hall–Kier alpha value is -2.90. The fourth-order valence-corrected chi connectivity index (χ4v) is 1.69. The molecule has 0 saturated heterocycles. The Morgan fingerprint density at radius 3 is 2.62 bits per heavy atom. The molecule has 0 unspecified atom stereocenters. The van der Waals surface area contributed by atoms with Crippen LogP contribution in [0.5, 0.6) is 17.4 Å². The highest BCUT2D eigenvalue weighted by Gasteiger charge is 2.14. The molecule has 1 aromatic carbocycles. The summed E-state index contributed by atoms with van der Waals surface area (Å²) in [5, 5.41) is 13.7. The second-order valence-corrected chi connectivity index (χ2v) is 4.08. The Morgan fingerprint density at radius 2 is 2.00 bits per heavy atom. The summed E-state index contributed by atoms with van der Waals surface area (Å²) in [6.45, 7) is 1.72. The molecule has 0 spiro atoms. The normalized spacial score (nSPS) is 10.0. The number of ether oxygens (including phenoxy) is 2. The molecule has 0 amide bonds. The molecule has 0 bridgehead atoms. The molecule has 2 aromatic rings. The molecule has 1 heterocycles. The molecule has 0 aliphatic heterocycles. The number of nitrogens with zero attached hydrogens (tertiary/aromatic N) is 3. The highest BCUT2D eigenvalue weighted by Crippen LogP contribution is 2.34. The molecular formula is C13H14N4O4. The largest absolute Gasteiger partial charge is 0.493 e. The van der Waals surface area contributed by atoms with Crippen molar-refractivity contribution < 1.29 is 14.4 Å². The predicted octanol–water partition coefficient (Wildman–Crippen LogP) is 2.54. The van der Waals surface area contributed by atoms with Crippen molar-refractivity contribution in [3.63, 3.8) is 0 Å². The lowest BCUT2D eigenvalue weighted by Gasteiger charge is -2.10. The number of benzene rings is 1. The van der Waals surface area contributed by atoms with Gasteiger partial charge in [-0.15, -0.1) is 0 Å². The molecule has 2 rings (SSSR count). The van der Waals surface area contributed by atoms with Crippen LogP contribution in [0.3, 0.4) is 0 Å². The smallest absolute Gasteiger partial charge is 0.273 e. The number of non-ortho nitro benzene ring substituents is 1. The number of nitrogens with one attached hydrogen (secondary N) is 1. The Balaban J connectivity index is 2.40. The number of nitro benzene ring substituents is 1. The maximum Gasteiger partial charge on any atom is 0.273 e. The highest BCUT2D eigenvalue weighted by molar-refractivity contribution is 5.50. The molecule has 1 aromatic heterocycles. The quantitative estimate of drug-likeness (QED) is 0.667.